The van der Waals surface area contributed by atoms with Crippen LogP contribution in [0, 0.1) is 0 Å². The summed E-state index contributed by atoms with van der Waals surface area (Å²) in [6.07, 6.45) is 4.54. The predicted molar refractivity (Wildman–Crippen MR) is 77.3 cm³/mol. The largest absolute Gasteiger partial charge is 0.493 e. The molecule has 4 heteroatoms. The highest BCUT2D eigenvalue weighted by molar-refractivity contribution is 9.10. The van der Waals surface area contributed by atoms with Crippen LogP contribution < -0.4 is 10.5 Å². The minimum Gasteiger partial charge on any atom is -0.493 e. The van der Waals surface area contributed by atoms with Crippen molar-refractivity contribution in [2.75, 3.05) is 6.61 Å². The molecule has 0 saturated carbocycles. The Kier molecular flexibility index (Phi) is 3.62. The number of hydrogen-bond acceptors (Lipinski definition) is 3. The molecule has 3 nitrogen and oxygen atoms in total. The van der Waals surface area contributed by atoms with Gasteiger partial charge < -0.3 is 14.9 Å². The van der Waals surface area contributed by atoms with E-state index < -0.39 is 0 Å². The lowest BCUT2D eigenvalue weighted by atomic mass is 10.00. The SMILES string of the molecule is NC(CCc1ccc2c(c1)CCO2)c1ccoc1Br. The van der Waals surface area contributed by atoms with Gasteiger partial charge in [0, 0.05) is 18.0 Å². The van der Waals surface area contributed by atoms with E-state index in [1.807, 2.05) is 6.07 Å². The summed E-state index contributed by atoms with van der Waals surface area (Å²) in [5, 5.41) is 0. The molecule has 3 rings (SSSR count). The zero-order valence-electron chi connectivity index (χ0n) is 10.6. The molecule has 1 aromatic heterocycles. The lowest BCUT2D eigenvalue weighted by molar-refractivity contribution is 0.357. The van der Waals surface area contributed by atoms with Crippen LogP contribution in [0.25, 0.3) is 0 Å². The number of fused-ring (bicyclic) bond motifs is 1. The summed E-state index contributed by atoms with van der Waals surface area (Å²) >= 11 is 3.37. The highest BCUT2D eigenvalue weighted by Gasteiger charge is 2.14. The number of aryl methyl sites for hydroxylation is 1. The molecular formula is C15H16BrNO2. The average Bonchev–Trinajstić information content (AvgIpc) is 3.03. The number of nitrogens with two attached hydrogens (primary N) is 1. The Morgan fingerprint density at radius 2 is 2.21 bits per heavy atom. The smallest absolute Gasteiger partial charge is 0.173 e. The first kappa shape index (κ1) is 12.8. The summed E-state index contributed by atoms with van der Waals surface area (Å²) in [4.78, 5) is 0. The summed E-state index contributed by atoms with van der Waals surface area (Å²) in [6, 6.07) is 8.35. The molecule has 2 aromatic rings. The Hall–Kier alpha value is -1.26. The molecule has 1 unspecified atom stereocenters. The third-order valence-electron chi connectivity index (χ3n) is 3.54. The van der Waals surface area contributed by atoms with E-state index in [1.165, 1.54) is 11.1 Å². The van der Waals surface area contributed by atoms with Crippen molar-refractivity contribution in [3.8, 4) is 5.75 Å². The van der Waals surface area contributed by atoms with E-state index in [1.54, 1.807) is 6.26 Å². The summed E-state index contributed by atoms with van der Waals surface area (Å²) in [7, 11) is 0. The molecule has 0 saturated heterocycles. The lowest BCUT2D eigenvalue weighted by Crippen LogP contribution is -2.11. The molecule has 2 heterocycles. The van der Waals surface area contributed by atoms with Crippen molar-refractivity contribution in [2.45, 2.75) is 25.3 Å². The Bertz CT molecular complexity index is 579. The van der Waals surface area contributed by atoms with Crippen molar-refractivity contribution in [3.05, 3.63) is 51.9 Å². The zero-order valence-corrected chi connectivity index (χ0v) is 12.2. The number of halogens is 1. The Balaban J connectivity index is 1.65. The van der Waals surface area contributed by atoms with E-state index >= 15 is 0 Å². The molecule has 0 amide bonds. The molecule has 2 N–H and O–H groups in total. The van der Waals surface area contributed by atoms with Crippen LogP contribution in [0.1, 0.15) is 29.2 Å². The second-order valence-electron chi connectivity index (χ2n) is 4.84. The molecule has 1 aromatic carbocycles. The summed E-state index contributed by atoms with van der Waals surface area (Å²) < 4.78 is 11.5. The van der Waals surface area contributed by atoms with E-state index in [4.69, 9.17) is 14.9 Å². The number of benzene rings is 1. The highest BCUT2D eigenvalue weighted by Crippen LogP contribution is 2.29. The molecular weight excluding hydrogens is 306 g/mol. The molecule has 100 valence electrons. The van der Waals surface area contributed by atoms with Gasteiger partial charge >= 0.3 is 0 Å². The second kappa shape index (κ2) is 5.39. The maximum atomic E-state index is 6.19. The van der Waals surface area contributed by atoms with Gasteiger partial charge in [0.15, 0.2) is 4.67 Å². The van der Waals surface area contributed by atoms with Crippen molar-refractivity contribution in [1.29, 1.82) is 0 Å². The highest BCUT2D eigenvalue weighted by atomic mass is 79.9. The fraction of sp³-hybridized carbons (Fsp3) is 0.333. The standard InChI is InChI=1S/C15H16BrNO2/c16-15-12(6-8-19-15)13(17)3-1-10-2-4-14-11(9-10)5-7-18-14/h2,4,6,8-9,13H,1,3,5,7,17H2. The quantitative estimate of drug-likeness (QED) is 0.935. The van der Waals surface area contributed by atoms with E-state index in [-0.39, 0.29) is 6.04 Å². The number of ether oxygens (including phenoxy) is 1. The fourth-order valence-electron chi connectivity index (χ4n) is 2.44. The van der Waals surface area contributed by atoms with Gasteiger partial charge in [-0.25, -0.2) is 0 Å². The van der Waals surface area contributed by atoms with Crippen LogP contribution in [0.5, 0.6) is 5.75 Å². The second-order valence-corrected chi connectivity index (χ2v) is 5.56. The van der Waals surface area contributed by atoms with Crippen molar-refractivity contribution in [2.24, 2.45) is 5.73 Å². The van der Waals surface area contributed by atoms with E-state index in [0.717, 1.165) is 41.9 Å². The van der Waals surface area contributed by atoms with Gasteiger partial charge in [-0.1, -0.05) is 12.1 Å². The first-order valence-electron chi connectivity index (χ1n) is 6.47. The van der Waals surface area contributed by atoms with E-state index in [2.05, 4.69) is 34.1 Å². The first-order chi connectivity index (χ1) is 9.24. The van der Waals surface area contributed by atoms with E-state index in [0.29, 0.717) is 0 Å². The minimum atomic E-state index is -0.00219. The minimum absolute atomic E-state index is 0.00219. The molecule has 0 fully saturated rings. The van der Waals surface area contributed by atoms with Gasteiger partial charge in [0.2, 0.25) is 0 Å². The van der Waals surface area contributed by atoms with Crippen molar-refractivity contribution < 1.29 is 9.15 Å². The van der Waals surface area contributed by atoms with Gasteiger partial charge in [-0.2, -0.15) is 0 Å². The maximum Gasteiger partial charge on any atom is 0.173 e. The zero-order chi connectivity index (χ0) is 13.2. The molecule has 0 radical (unpaired) electrons. The molecule has 19 heavy (non-hydrogen) atoms. The van der Waals surface area contributed by atoms with Gasteiger partial charge in [-0.05, 0) is 52.0 Å². The number of hydrogen-bond donors (Lipinski definition) is 1. The van der Waals surface area contributed by atoms with Crippen molar-refractivity contribution in [3.63, 3.8) is 0 Å². The molecule has 1 aliphatic rings. The Labute approximate surface area is 120 Å². The molecule has 0 spiro atoms. The third-order valence-corrected chi connectivity index (χ3v) is 4.19. The molecule has 1 atom stereocenters. The van der Waals surface area contributed by atoms with Gasteiger partial charge in [0.05, 0.1) is 12.9 Å². The van der Waals surface area contributed by atoms with Crippen LogP contribution >= 0.6 is 15.9 Å². The maximum absolute atomic E-state index is 6.19. The normalized spacial score (nSPS) is 15.1. The predicted octanol–water partition coefficient (Wildman–Crippen LogP) is 3.61. The van der Waals surface area contributed by atoms with Gasteiger partial charge in [-0.3, -0.25) is 0 Å². The van der Waals surface area contributed by atoms with Crippen molar-refractivity contribution >= 4 is 15.9 Å². The molecule has 0 bridgehead atoms. The topological polar surface area (TPSA) is 48.4 Å². The van der Waals surface area contributed by atoms with E-state index in [9.17, 15) is 0 Å². The number of furan rings is 1. The summed E-state index contributed by atoms with van der Waals surface area (Å²) in [5.41, 5.74) is 9.85. The average molecular weight is 322 g/mol. The Morgan fingerprint density at radius 1 is 1.32 bits per heavy atom. The van der Waals surface area contributed by atoms with Crippen LogP contribution in [0.3, 0.4) is 0 Å². The van der Waals surface area contributed by atoms with Crippen LogP contribution in [0.15, 0.2) is 39.6 Å². The first-order valence-corrected chi connectivity index (χ1v) is 7.26. The van der Waals surface area contributed by atoms with Gasteiger partial charge in [0.1, 0.15) is 5.75 Å². The fourth-order valence-corrected chi connectivity index (χ4v) is 2.98. The third kappa shape index (κ3) is 2.69. The Morgan fingerprint density at radius 3 is 3.00 bits per heavy atom. The van der Waals surface area contributed by atoms with Crippen LogP contribution in [-0.4, -0.2) is 6.61 Å². The van der Waals surface area contributed by atoms with Gasteiger partial charge in [0.25, 0.3) is 0 Å². The lowest BCUT2D eigenvalue weighted by Gasteiger charge is -2.10. The van der Waals surface area contributed by atoms with Gasteiger partial charge in [-0.15, -0.1) is 0 Å². The molecule has 0 aliphatic carbocycles. The number of rotatable bonds is 4. The molecule has 1 aliphatic heterocycles. The van der Waals surface area contributed by atoms with Crippen molar-refractivity contribution in [1.82, 2.24) is 0 Å². The van der Waals surface area contributed by atoms with Crippen LogP contribution in [0.4, 0.5) is 0 Å². The van der Waals surface area contributed by atoms with Crippen LogP contribution in [0.2, 0.25) is 0 Å². The summed E-state index contributed by atoms with van der Waals surface area (Å²) in [6.45, 7) is 0.806. The summed E-state index contributed by atoms with van der Waals surface area (Å²) in [5.74, 6) is 1.03. The van der Waals surface area contributed by atoms with Crippen LogP contribution in [-0.2, 0) is 12.8 Å². The monoisotopic (exact) mass is 321 g/mol.